The predicted molar refractivity (Wildman–Crippen MR) is 98.8 cm³/mol. The molecule has 0 aliphatic carbocycles. The van der Waals surface area contributed by atoms with Crippen LogP contribution in [0.3, 0.4) is 0 Å². The number of aryl methyl sites for hydroxylation is 3. The number of halogens is 1. The summed E-state index contributed by atoms with van der Waals surface area (Å²) in [5, 5.41) is 5.06. The summed E-state index contributed by atoms with van der Waals surface area (Å²) in [7, 11) is 0. The monoisotopic (exact) mass is 360 g/mol. The Labute approximate surface area is 148 Å². The summed E-state index contributed by atoms with van der Waals surface area (Å²) in [5.41, 5.74) is 3.24. The first-order valence-corrected chi connectivity index (χ1v) is 9.23. The molecule has 4 heterocycles. The standard InChI is InChI=1S/C17H17ClN4OS/c1-10-11(2)24-16-14(10)17(23)22-5-3-13(15(22)20-16)7-12-8-19-21(9-12)6-4-18/h7-9H,3-6H2,1-2H3/b13-7+. The number of alkyl halides is 1. The van der Waals surface area contributed by atoms with Gasteiger partial charge in [-0.25, -0.2) is 4.98 Å². The van der Waals surface area contributed by atoms with Gasteiger partial charge in [-0.05, 0) is 37.5 Å². The summed E-state index contributed by atoms with van der Waals surface area (Å²) in [4.78, 5) is 19.6. The normalized spacial score (nSPS) is 15.5. The highest BCUT2D eigenvalue weighted by molar-refractivity contribution is 7.18. The van der Waals surface area contributed by atoms with Crippen molar-refractivity contribution in [3.8, 4) is 0 Å². The first-order chi connectivity index (χ1) is 11.6. The third-order valence-corrected chi connectivity index (χ3v) is 5.76. The maximum atomic E-state index is 12.8. The van der Waals surface area contributed by atoms with Crippen molar-refractivity contribution in [2.24, 2.45) is 0 Å². The smallest absolute Gasteiger partial charge is 0.262 e. The quantitative estimate of drug-likeness (QED) is 0.672. The van der Waals surface area contributed by atoms with E-state index in [0.717, 1.165) is 44.0 Å². The molecule has 4 rings (SSSR count). The second-order valence-electron chi connectivity index (χ2n) is 6.00. The molecule has 0 aromatic carbocycles. The fraction of sp³-hybridized carbons (Fsp3) is 0.353. The number of hydrogen-bond donors (Lipinski definition) is 0. The van der Waals surface area contributed by atoms with Crippen LogP contribution >= 0.6 is 22.9 Å². The molecule has 24 heavy (non-hydrogen) atoms. The van der Waals surface area contributed by atoms with Crippen molar-refractivity contribution in [3.63, 3.8) is 0 Å². The molecule has 0 spiro atoms. The molecule has 0 bridgehead atoms. The van der Waals surface area contributed by atoms with Gasteiger partial charge in [0.1, 0.15) is 10.7 Å². The lowest BCUT2D eigenvalue weighted by Crippen LogP contribution is -2.20. The van der Waals surface area contributed by atoms with E-state index in [4.69, 9.17) is 16.6 Å². The molecular formula is C17H17ClN4OS. The number of nitrogens with zero attached hydrogens (tertiary/aromatic N) is 4. The van der Waals surface area contributed by atoms with Crippen LogP contribution in [0.5, 0.6) is 0 Å². The first kappa shape index (κ1) is 15.6. The van der Waals surface area contributed by atoms with Crippen LogP contribution < -0.4 is 5.56 Å². The Bertz CT molecular complexity index is 1030. The van der Waals surface area contributed by atoms with E-state index in [2.05, 4.69) is 11.2 Å². The third-order valence-electron chi connectivity index (χ3n) is 4.49. The average molecular weight is 361 g/mol. The van der Waals surface area contributed by atoms with E-state index < -0.39 is 0 Å². The van der Waals surface area contributed by atoms with Gasteiger partial charge >= 0.3 is 0 Å². The topological polar surface area (TPSA) is 52.7 Å². The molecule has 1 aliphatic rings. The maximum absolute atomic E-state index is 12.8. The molecular weight excluding hydrogens is 344 g/mol. The summed E-state index contributed by atoms with van der Waals surface area (Å²) < 4.78 is 3.63. The molecule has 0 fully saturated rings. The van der Waals surface area contributed by atoms with Gasteiger partial charge in [-0.3, -0.25) is 14.0 Å². The molecule has 3 aromatic rings. The van der Waals surface area contributed by atoms with Crippen LogP contribution in [0.1, 0.15) is 28.2 Å². The Kier molecular flexibility index (Phi) is 3.81. The third kappa shape index (κ3) is 2.41. The highest BCUT2D eigenvalue weighted by Crippen LogP contribution is 2.31. The molecule has 5 nitrogen and oxygen atoms in total. The van der Waals surface area contributed by atoms with E-state index in [1.165, 1.54) is 0 Å². The zero-order valence-electron chi connectivity index (χ0n) is 13.5. The van der Waals surface area contributed by atoms with E-state index in [9.17, 15) is 4.79 Å². The number of aromatic nitrogens is 4. The lowest BCUT2D eigenvalue weighted by atomic mass is 10.1. The minimum Gasteiger partial charge on any atom is -0.292 e. The Morgan fingerprint density at radius 1 is 1.42 bits per heavy atom. The second-order valence-corrected chi connectivity index (χ2v) is 7.58. The Morgan fingerprint density at radius 2 is 2.25 bits per heavy atom. The number of rotatable bonds is 3. The van der Waals surface area contributed by atoms with E-state index >= 15 is 0 Å². The second kappa shape index (κ2) is 5.86. The van der Waals surface area contributed by atoms with Crippen molar-refractivity contribution in [3.05, 3.63) is 44.6 Å². The predicted octanol–water partition coefficient (Wildman–Crippen LogP) is 3.45. The Balaban J connectivity index is 1.82. The molecule has 0 N–H and O–H groups in total. The average Bonchev–Trinajstić information content (AvgIpc) is 3.22. The summed E-state index contributed by atoms with van der Waals surface area (Å²) >= 11 is 7.34. The molecule has 0 saturated carbocycles. The molecule has 7 heteroatoms. The van der Waals surface area contributed by atoms with Gasteiger partial charge in [-0.1, -0.05) is 0 Å². The van der Waals surface area contributed by atoms with Gasteiger partial charge in [-0.2, -0.15) is 5.10 Å². The van der Waals surface area contributed by atoms with Crippen LogP contribution in [-0.2, 0) is 13.1 Å². The van der Waals surface area contributed by atoms with Crippen LogP contribution in [0.25, 0.3) is 21.9 Å². The fourth-order valence-corrected chi connectivity index (χ4v) is 4.32. The minimum atomic E-state index is 0.0816. The lowest BCUT2D eigenvalue weighted by molar-refractivity contribution is 0.664. The number of thiophene rings is 1. The molecule has 3 aromatic heterocycles. The van der Waals surface area contributed by atoms with Gasteiger partial charge in [-0.15, -0.1) is 22.9 Å². The highest BCUT2D eigenvalue weighted by Gasteiger charge is 2.23. The van der Waals surface area contributed by atoms with E-state index in [0.29, 0.717) is 19.0 Å². The van der Waals surface area contributed by atoms with Crippen LogP contribution in [0.15, 0.2) is 17.2 Å². The van der Waals surface area contributed by atoms with Gasteiger partial charge < -0.3 is 0 Å². The van der Waals surface area contributed by atoms with E-state index in [1.54, 1.807) is 15.9 Å². The minimum absolute atomic E-state index is 0.0816. The zero-order valence-corrected chi connectivity index (χ0v) is 15.1. The van der Waals surface area contributed by atoms with Crippen molar-refractivity contribution in [2.45, 2.75) is 33.4 Å². The molecule has 0 unspecified atom stereocenters. The molecule has 0 atom stereocenters. The molecule has 0 amide bonds. The zero-order chi connectivity index (χ0) is 16.8. The maximum Gasteiger partial charge on any atom is 0.262 e. The fourth-order valence-electron chi connectivity index (χ4n) is 3.12. The first-order valence-electron chi connectivity index (χ1n) is 7.88. The van der Waals surface area contributed by atoms with Crippen molar-refractivity contribution >= 4 is 44.8 Å². The van der Waals surface area contributed by atoms with Gasteiger partial charge in [0.25, 0.3) is 5.56 Å². The lowest BCUT2D eigenvalue weighted by Gasteiger charge is -2.03. The highest BCUT2D eigenvalue weighted by atomic mass is 35.5. The Hall–Kier alpha value is -1.92. The van der Waals surface area contributed by atoms with Gasteiger partial charge in [0, 0.05) is 29.1 Å². The van der Waals surface area contributed by atoms with Gasteiger partial charge in [0.15, 0.2) is 0 Å². The van der Waals surface area contributed by atoms with E-state index in [-0.39, 0.29) is 5.56 Å². The molecule has 124 valence electrons. The molecule has 0 saturated heterocycles. The van der Waals surface area contributed by atoms with E-state index in [1.807, 2.05) is 30.9 Å². The summed E-state index contributed by atoms with van der Waals surface area (Å²) in [6.45, 7) is 5.42. The van der Waals surface area contributed by atoms with Gasteiger partial charge in [0.2, 0.25) is 0 Å². The molecule has 1 aliphatic heterocycles. The number of hydrogen-bond acceptors (Lipinski definition) is 4. The van der Waals surface area contributed by atoms with Crippen LogP contribution in [-0.4, -0.2) is 25.2 Å². The summed E-state index contributed by atoms with van der Waals surface area (Å²) in [6.07, 6.45) is 6.67. The van der Waals surface area contributed by atoms with Crippen molar-refractivity contribution < 1.29 is 0 Å². The molecule has 0 radical (unpaired) electrons. The van der Waals surface area contributed by atoms with Gasteiger partial charge in [0.05, 0.1) is 18.1 Å². The SMILES string of the molecule is Cc1sc2nc3n(c(=O)c2c1C)CC/C3=C\c1cnn(CCCl)c1. The Morgan fingerprint density at radius 3 is 3.04 bits per heavy atom. The summed E-state index contributed by atoms with van der Waals surface area (Å²) in [5.74, 6) is 1.32. The van der Waals surface area contributed by atoms with Crippen molar-refractivity contribution in [2.75, 3.05) is 5.88 Å². The van der Waals surface area contributed by atoms with Crippen LogP contribution in [0.2, 0.25) is 0 Å². The number of allylic oxidation sites excluding steroid dienone is 1. The van der Waals surface area contributed by atoms with Crippen LogP contribution in [0.4, 0.5) is 0 Å². The number of fused-ring (bicyclic) bond motifs is 2. The summed E-state index contributed by atoms with van der Waals surface area (Å²) in [6, 6.07) is 0. The largest absolute Gasteiger partial charge is 0.292 e. The van der Waals surface area contributed by atoms with Crippen LogP contribution in [0, 0.1) is 13.8 Å². The van der Waals surface area contributed by atoms with Crippen molar-refractivity contribution in [1.82, 2.24) is 19.3 Å². The van der Waals surface area contributed by atoms with Crippen molar-refractivity contribution in [1.29, 1.82) is 0 Å².